The van der Waals surface area contributed by atoms with Crippen LogP contribution < -0.4 is 10.5 Å². The molecule has 0 unspecified atom stereocenters. The maximum absolute atomic E-state index is 13.8. The predicted octanol–water partition coefficient (Wildman–Crippen LogP) is 0.892. The molecule has 6 rings (SSSR count). The molecular weight excluding hydrogens is 598 g/mol. The van der Waals surface area contributed by atoms with E-state index in [4.69, 9.17) is 16.3 Å². The van der Waals surface area contributed by atoms with Gasteiger partial charge in [-0.05, 0) is 43.0 Å². The molecule has 1 N–H and O–H groups in total. The summed E-state index contributed by atoms with van der Waals surface area (Å²) in [5, 5.41) is 5.52. The van der Waals surface area contributed by atoms with Crippen LogP contribution in [0.5, 0.6) is 0 Å². The molecule has 15 heteroatoms. The van der Waals surface area contributed by atoms with E-state index in [1.165, 1.54) is 22.9 Å². The van der Waals surface area contributed by atoms with Crippen molar-refractivity contribution in [3.8, 4) is 0 Å². The number of carbonyl (C=O) groups excluding carboxylic acids is 2. The van der Waals surface area contributed by atoms with E-state index >= 15 is 0 Å². The maximum atomic E-state index is 13.8. The second-order valence-electron chi connectivity index (χ2n) is 11.2. The van der Waals surface area contributed by atoms with Gasteiger partial charge in [0.15, 0.2) is 0 Å². The van der Waals surface area contributed by atoms with E-state index in [1.54, 1.807) is 35.2 Å². The van der Waals surface area contributed by atoms with Crippen LogP contribution in [0, 0.1) is 5.92 Å². The third-order valence-corrected chi connectivity index (χ3v) is 10.7. The first kappa shape index (κ1) is 29.6. The quantitative estimate of drug-likeness (QED) is 0.423. The number of nitrogens with one attached hydrogen (secondary N) is 1. The van der Waals surface area contributed by atoms with E-state index in [9.17, 15) is 22.8 Å². The molecule has 5 heterocycles. The number of H-pyrrole nitrogens is 1. The Morgan fingerprint density at radius 3 is 2.56 bits per heavy atom. The van der Waals surface area contributed by atoms with Crippen LogP contribution in [0.4, 0.5) is 5.82 Å². The molecule has 43 heavy (non-hydrogen) atoms. The van der Waals surface area contributed by atoms with Gasteiger partial charge in [-0.3, -0.25) is 14.4 Å². The minimum Gasteiger partial charge on any atom is -0.378 e. The average Bonchev–Trinajstić information content (AvgIpc) is 3.39. The molecule has 1 aromatic carbocycles. The van der Waals surface area contributed by atoms with Gasteiger partial charge in [-0.1, -0.05) is 11.6 Å². The Morgan fingerprint density at radius 2 is 1.84 bits per heavy atom. The zero-order valence-corrected chi connectivity index (χ0v) is 25.4. The van der Waals surface area contributed by atoms with Gasteiger partial charge >= 0.3 is 0 Å². The second kappa shape index (κ2) is 11.9. The summed E-state index contributed by atoms with van der Waals surface area (Å²) >= 11 is 6.17. The monoisotopic (exact) mass is 631 g/mol. The number of morpholine rings is 1. The predicted molar refractivity (Wildman–Crippen MR) is 159 cm³/mol. The van der Waals surface area contributed by atoms with Gasteiger partial charge in [-0.25, -0.2) is 13.1 Å². The highest BCUT2D eigenvalue weighted by atomic mass is 35.5. The summed E-state index contributed by atoms with van der Waals surface area (Å²) in [7, 11) is -2.47. The van der Waals surface area contributed by atoms with Crippen molar-refractivity contribution in [2.75, 3.05) is 63.9 Å². The number of aromatic amines is 1. The third-order valence-electron chi connectivity index (χ3n) is 8.57. The van der Waals surface area contributed by atoms with Gasteiger partial charge in [-0.2, -0.15) is 9.40 Å². The molecule has 2 amide bonds. The van der Waals surface area contributed by atoms with Gasteiger partial charge in [0.05, 0.1) is 29.7 Å². The van der Waals surface area contributed by atoms with Crippen LogP contribution in [0.3, 0.4) is 0 Å². The fourth-order valence-electron chi connectivity index (χ4n) is 6.05. The van der Waals surface area contributed by atoms with Crippen molar-refractivity contribution in [2.45, 2.75) is 23.8 Å². The number of rotatable bonds is 6. The standard InChI is InChI=1S/C28H34ClN7O6S/c1-32-26(37)5-4-25(31-32)33-8-6-19(7-9-33)16-36-24(28(39)34-10-12-42-13-11-34)17-35(18-27(36)38)43(40,41)20-2-3-21-22(29)15-30-23(21)14-20/h2-5,14-15,19,24,30H,6-13,16-18H2,1H3/t24-/m1/s1. The number of aromatic nitrogens is 3. The Balaban J connectivity index is 1.21. The Labute approximate surface area is 254 Å². The summed E-state index contributed by atoms with van der Waals surface area (Å²) in [5.74, 6) is 0.175. The molecule has 0 spiro atoms. The number of piperidine rings is 1. The number of fused-ring (bicyclic) bond motifs is 1. The van der Waals surface area contributed by atoms with Gasteiger partial charge in [-0.15, -0.1) is 0 Å². The molecule has 230 valence electrons. The molecule has 3 aliphatic rings. The van der Waals surface area contributed by atoms with Crippen LogP contribution in [0.25, 0.3) is 10.9 Å². The number of hydrogen-bond donors (Lipinski definition) is 1. The highest BCUT2D eigenvalue weighted by Crippen LogP contribution is 2.29. The fourth-order valence-corrected chi connectivity index (χ4v) is 7.69. The second-order valence-corrected chi connectivity index (χ2v) is 13.6. The largest absolute Gasteiger partial charge is 0.378 e. The molecule has 3 fully saturated rings. The van der Waals surface area contributed by atoms with Crippen LogP contribution in [0.15, 0.2) is 46.2 Å². The molecule has 0 saturated carbocycles. The maximum Gasteiger partial charge on any atom is 0.266 e. The van der Waals surface area contributed by atoms with Crippen molar-refractivity contribution in [1.29, 1.82) is 0 Å². The highest BCUT2D eigenvalue weighted by Gasteiger charge is 2.44. The zero-order chi connectivity index (χ0) is 30.3. The average molecular weight is 632 g/mol. The molecule has 3 saturated heterocycles. The SMILES string of the molecule is Cn1nc(N2CCC(CN3C(=O)CN(S(=O)(=O)c4ccc5c(Cl)c[nH]c5c4)C[C@@H]3C(=O)N3CCOCC3)CC2)ccc1=O. The zero-order valence-electron chi connectivity index (χ0n) is 23.8. The lowest BCUT2D eigenvalue weighted by Crippen LogP contribution is -2.64. The van der Waals surface area contributed by atoms with E-state index in [1.807, 2.05) is 0 Å². The first-order valence-electron chi connectivity index (χ1n) is 14.3. The number of sulfonamides is 1. The molecule has 0 aliphatic carbocycles. The summed E-state index contributed by atoms with van der Waals surface area (Å²) in [6.07, 6.45) is 3.10. The first-order valence-corrected chi connectivity index (χ1v) is 16.2. The van der Waals surface area contributed by atoms with Gasteiger partial charge in [0.1, 0.15) is 11.9 Å². The van der Waals surface area contributed by atoms with E-state index in [0.717, 1.165) is 23.0 Å². The summed E-state index contributed by atoms with van der Waals surface area (Å²) in [6, 6.07) is 6.87. The van der Waals surface area contributed by atoms with E-state index in [-0.39, 0.29) is 35.4 Å². The summed E-state index contributed by atoms with van der Waals surface area (Å²) in [6.45, 7) is 2.81. The number of aryl methyl sites for hydroxylation is 1. The number of amides is 2. The molecule has 2 aromatic heterocycles. The Bertz CT molecular complexity index is 1690. The summed E-state index contributed by atoms with van der Waals surface area (Å²) < 4.78 is 35.4. The minimum absolute atomic E-state index is 0.0248. The molecular formula is C28H34ClN7O6S. The van der Waals surface area contributed by atoms with Gasteiger partial charge < -0.3 is 24.4 Å². The van der Waals surface area contributed by atoms with Gasteiger partial charge in [0.25, 0.3) is 5.56 Å². The van der Waals surface area contributed by atoms with Crippen molar-refractivity contribution < 1.29 is 22.7 Å². The number of benzene rings is 1. The summed E-state index contributed by atoms with van der Waals surface area (Å²) in [5.41, 5.74) is 0.389. The highest BCUT2D eigenvalue weighted by molar-refractivity contribution is 7.89. The Morgan fingerprint density at radius 1 is 1.09 bits per heavy atom. The van der Waals surface area contributed by atoms with Crippen LogP contribution in [-0.4, -0.2) is 114 Å². The van der Waals surface area contributed by atoms with Crippen LogP contribution in [0.2, 0.25) is 5.02 Å². The smallest absolute Gasteiger partial charge is 0.266 e. The lowest BCUT2D eigenvalue weighted by atomic mass is 9.95. The van der Waals surface area contributed by atoms with Crippen molar-refractivity contribution >= 4 is 50.2 Å². The van der Waals surface area contributed by atoms with Crippen LogP contribution >= 0.6 is 11.6 Å². The van der Waals surface area contributed by atoms with Crippen molar-refractivity contribution in [3.05, 3.63) is 51.9 Å². The number of hydrogen-bond acceptors (Lipinski definition) is 8. The number of ether oxygens (including phenoxy) is 1. The molecule has 0 bridgehead atoms. The third kappa shape index (κ3) is 5.88. The van der Waals surface area contributed by atoms with Crippen molar-refractivity contribution in [2.24, 2.45) is 13.0 Å². The lowest BCUT2D eigenvalue weighted by molar-refractivity contribution is -0.152. The minimum atomic E-state index is -4.09. The molecule has 0 radical (unpaired) electrons. The van der Waals surface area contributed by atoms with Crippen molar-refractivity contribution in [3.63, 3.8) is 0 Å². The number of carbonyl (C=O) groups is 2. The number of piperazine rings is 1. The topological polar surface area (TPSA) is 141 Å². The number of nitrogens with zero attached hydrogens (tertiary/aromatic N) is 6. The molecule has 3 aliphatic heterocycles. The van der Waals surface area contributed by atoms with Crippen LogP contribution in [0.1, 0.15) is 12.8 Å². The fraction of sp³-hybridized carbons (Fsp3) is 0.500. The van der Waals surface area contributed by atoms with Crippen LogP contribution in [-0.2, 0) is 31.4 Å². The van der Waals surface area contributed by atoms with Gasteiger partial charge in [0.2, 0.25) is 21.8 Å². The first-order chi connectivity index (χ1) is 20.6. The lowest BCUT2D eigenvalue weighted by Gasteiger charge is -2.44. The van der Waals surface area contributed by atoms with E-state index in [0.29, 0.717) is 61.9 Å². The van der Waals surface area contributed by atoms with E-state index in [2.05, 4.69) is 15.0 Å². The Hall–Kier alpha value is -3.46. The molecule has 3 aromatic rings. The Kier molecular flexibility index (Phi) is 8.20. The molecule has 1 atom stereocenters. The van der Waals surface area contributed by atoms with Gasteiger partial charge in [0, 0.05) is 69.5 Å². The normalized spacial score (nSPS) is 21.1. The summed E-state index contributed by atoms with van der Waals surface area (Å²) in [4.78, 5) is 47.6. The number of anilines is 1. The van der Waals surface area contributed by atoms with E-state index < -0.39 is 22.0 Å². The number of halogens is 1. The molecule has 13 nitrogen and oxygen atoms in total. The van der Waals surface area contributed by atoms with Crippen molar-refractivity contribution in [1.82, 2.24) is 28.9 Å².